The van der Waals surface area contributed by atoms with Crippen molar-refractivity contribution >= 4 is 22.6 Å². The van der Waals surface area contributed by atoms with Crippen molar-refractivity contribution < 1.29 is 9.90 Å². The van der Waals surface area contributed by atoms with Crippen molar-refractivity contribution in [1.82, 2.24) is 14.9 Å². The number of aromatic nitrogens is 2. The first kappa shape index (κ1) is 18.5. The summed E-state index contributed by atoms with van der Waals surface area (Å²) in [4.78, 5) is 24.9. The van der Waals surface area contributed by atoms with E-state index >= 15 is 0 Å². The van der Waals surface area contributed by atoms with Crippen LogP contribution in [0.2, 0.25) is 0 Å². The minimum absolute atomic E-state index is 0.0222. The van der Waals surface area contributed by atoms with Gasteiger partial charge in [0.2, 0.25) is 5.91 Å². The summed E-state index contributed by atoms with van der Waals surface area (Å²) in [5, 5.41) is 11.0. The fourth-order valence-corrected chi connectivity index (χ4v) is 3.53. The van der Waals surface area contributed by atoms with E-state index in [1.165, 1.54) is 0 Å². The van der Waals surface area contributed by atoms with E-state index in [-0.39, 0.29) is 5.91 Å². The van der Waals surface area contributed by atoms with Crippen LogP contribution in [0, 0.1) is 6.92 Å². The van der Waals surface area contributed by atoms with Gasteiger partial charge < -0.3 is 20.6 Å². The molecule has 0 saturated carbocycles. The molecule has 1 aliphatic rings. The van der Waals surface area contributed by atoms with Gasteiger partial charge in [-0.2, -0.15) is 0 Å². The standard InChI is InChI=1S/C19H27N5O2/c1-14-5-6-15-18(22-14)16(7-10-21-15)24-11-8-19(26,13-24)12-23(2)17(25)4-3-9-20/h5-7,10,26H,3-4,8-9,11-13,20H2,1-2H3. The number of fused-ring (bicyclic) bond motifs is 1. The SMILES string of the molecule is Cc1ccc2nccc(N3CCC(O)(CN(C)C(=O)CCCN)C3)c2n1. The largest absolute Gasteiger partial charge is 0.386 e. The lowest BCUT2D eigenvalue weighted by atomic mass is 10.0. The van der Waals surface area contributed by atoms with Gasteiger partial charge in [0.1, 0.15) is 11.1 Å². The summed E-state index contributed by atoms with van der Waals surface area (Å²) < 4.78 is 0. The molecule has 0 spiro atoms. The number of likely N-dealkylation sites (N-methyl/N-ethyl adjacent to an activating group) is 1. The fraction of sp³-hybridized carbons (Fsp3) is 0.526. The van der Waals surface area contributed by atoms with Crippen LogP contribution in [0.3, 0.4) is 0 Å². The van der Waals surface area contributed by atoms with E-state index in [1.807, 2.05) is 25.1 Å². The Bertz CT molecular complexity index is 797. The normalized spacial score (nSPS) is 19.9. The third kappa shape index (κ3) is 3.94. The zero-order valence-corrected chi connectivity index (χ0v) is 15.5. The first-order valence-corrected chi connectivity index (χ1v) is 9.06. The molecule has 1 atom stereocenters. The predicted molar refractivity (Wildman–Crippen MR) is 102 cm³/mol. The summed E-state index contributed by atoms with van der Waals surface area (Å²) in [5.74, 6) is 0.0222. The van der Waals surface area contributed by atoms with Gasteiger partial charge >= 0.3 is 0 Å². The summed E-state index contributed by atoms with van der Waals surface area (Å²) in [5.41, 5.74) is 8.15. The lowest BCUT2D eigenvalue weighted by molar-refractivity contribution is -0.132. The Hall–Kier alpha value is -2.25. The van der Waals surface area contributed by atoms with E-state index in [2.05, 4.69) is 14.9 Å². The number of rotatable bonds is 6. The Balaban J connectivity index is 1.74. The van der Waals surface area contributed by atoms with Crippen LogP contribution in [0.5, 0.6) is 0 Å². The molecular weight excluding hydrogens is 330 g/mol. The van der Waals surface area contributed by atoms with Crippen molar-refractivity contribution in [3.8, 4) is 0 Å². The number of aliphatic hydroxyl groups is 1. The second-order valence-electron chi connectivity index (χ2n) is 7.19. The Morgan fingerprint density at radius 1 is 1.42 bits per heavy atom. The monoisotopic (exact) mass is 357 g/mol. The van der Waals surface area contributed by atoms with Crippen molar-refractivity contribution in [3.63, 3.8) is 0 Å². The maximum Gasteiger partial charge on any atom is 0.222 e. The number of carbonyl (C=O) groups excluding carboxylic acids is 1. The molecule has 7 nitrogen and oxygen atoms in total. The van der Waals surface area contributed by atoms with E-state index in [1.54, 1.807) is 18.1 Å². The molecule has 1 fully saturated rings. The predicted octanol–water partition coefficient (Wildman–Crippen LogP) is 1.08. The Labute approximate surface area is 153 Å². The molecule has 3 N–H and O–H groups in total. The molecule has 7 heteroatoms. The van der Waals surface area contributed by atoms with Gasteiger partial charge in [-0.05, 0) is 44.5 Å². The number of hydrogen-bond donors (Lipinski definition) is 2. The van der Waals surface area contributed by atoms with Crippen LogP contribution >= 0.6 is 0 Å². The van der Waals surface area contributed by atoms with Gasteiger partial charge in [0.15, 0.2) is 0 Å². The molecule has 0 bridgehead atoms. The molecule has 1 aliphatic heterocycles. The van der Waals surface area contributed by atoms with E-state index < -0.39 is 5.60 Å². The highest BCUT2D eigenvalue weighted by Crippen LogP contribution is 2.31. The highest BCUT2D eigenvalue weighted by Gasteiger charge is 2.38. The van der Waals surface area contributed by atoms with Crippen molar-refractivity contribution in [1.29, 1.82) is 0 Å². The Morgan fingerprint density at radius 2 is 2.23 bits per heavy atom. The number of nitrogens with two attached hydrogens (primary N) is 1. The van der Waals surface area contributed by atoms with Crippen LogP contribution in [0.4, 0.5) is 5.69 Å². The molecule has 1 saturated heterocycles. The number of aryl methyl sites for hydroxylation is 1. The third-order valence-electron chi connectivity index (χ3n) is 4.93. The summed E-state index contributed by atoms with van der Waals surface area (Å²) in [7, 11) is 1.74. The lowest BCUT2D eigenvalue weighted by Crippen LogP contribution is -2.45. The first-order valence-electron chi connectivity index (χ1n) is 9.06. The molecule has 3 rings (SSSR count). The molecule has 2 aromatic rings. The molecule has 0 radical (unpaired) electrons. The summed E-state index contributed by atoms with van der Waals surface area (Å²) >= 11 is 0. The van der Waals surface area contributed by atoms with Crippen molar-refractivity contribution in [3.05, 3.63) is 30.1 Å². The van der Waals surface area contributed by atoms with Crippen molar-refractivity contribution in [2.45, 2.75) is 31.8 Å². The number of carbonyl (C=O) groups is 1. The first-order chi connectivity index (χ1) is 12.4. The molecule has 0 aromatic carbocycles. The number of β-amino-alcohol motifs (C(OH)–C–C–N with tert-alkyl or cyclic N) is 1. The maximum atomic E-state index is 12.1. The molecule has 0 aliphatic carbocycles. The van der Waals surface area contributed by atoms with Crippen LogP contribution < -0.4 is 10.6 Å². The van der Waals surface area contributed by atoms with E-state index in [0.717, 1.165) is 29.0 Å². The topological polar surface area (TPSA) is 95.6 Å². The molecule has 2 aromatic heterocycles. The summed E-state index contributed by atoms with van der Waals surface area (Å²) in [6.07, 6.45) is 3.47. The quantitative estimate of drug-likeness (QED) is 0.803. The van der Waals surface area contributed by atoms with Crippen molar-refractivity contribution in [2.75, 3.05) is 38.1 Å². The Kier molecular flexibility index (Phi) is 5.38. The lowest BCUT2D eigenvalue weighted by Gasteiger charge is -2.29. The van der Waals surface area contributed by atoms with Gasteiger partial charge in [-0.15, -0.1) is 0 Å². The minimum Gasteiger partial charge on any atom is -0.386 e. The van der Waals surface area contributed by atoms with E-state index in [9.17, 15) is 9.90 Å². The molecule has 26 heavy (non-hydrogen) atoms. The highest BCUT2D eigenvalue weighted by molar-refractivity contribution is 5.88. The average Bonchev–Trinajstić information content (AvgIpc) is 3.00. The molecule has 1 amide bonds. The number of amides is 1. The van der Waals surface area contributed by atoms with Gasteiger partial charge in [0, 0.05) is 38.4 Å². The Morgan fingerprint density at radius 3 is 3.00 bits per heavy atom. The number of nitrogens with zero attached hydrogens (tertiary/aromatic N) is 4. The average molecular weight is 357 g/mol. The van der Waals surface area contributed by atoms with Gasteiger partial charge in [-0.25, -0.2) is 4.98 Å². The second-order valence-corrected chi connectivity index (χ2v) is 7.19. The number of anilines is 1. The summed E-state index contributed by atoms with van der Waals surface area (Å²) in [6, 6.07) is 5.85. The third-order valence-corrected chi connectivity index (χ3v) is 4.93. The van der Waals surface area contributed by atoms with E-state index in [0.29, 0.717) is 38.9 Å². The number of pyridine rings is 2. The summed E-state index contributed by atoms with van der Waals surface area (Å²) in [6.45, 7) is 3.96. The van der Waals surface area contributed by atoms with Gasteiger partial charge in [-0.1, -0.05) is 0 Å². The molecule has 140 valence electrons. The van der Waals surface area contributed by atoms with Gasteiger partial charge in [0.25, 0.3) is 0 Å². The van der Waals surface area contributed by atoms with Crippen LogP contribution in [0.1, 0.15) is 25.0 Å². The zero-order valence-electron chi connectivity index (χ0n) is 15.5. The van der Waals surface area contributed by atoms with E-state index in [4.69, 9.17) is 5.73 Å². The maximum absolute atomic E-state index is 12.1. The highest BCUT2D eigenvalue weighted by atomic mass is 16.3. The zero-order chi connectivity index (χ0) is 18.7. The molecule has 1 unspecified atom stereocenters. The van der Waals surface area contributed by atoms with Gasteiger partial charge in [-0.3, -0.25) is 9.78 Å². The second kappa shape index (κ2) is 7.55. The smallest absolute Gasteiger partial charge is 0.222 e. The van der Waals surface area contributed by atoms with Crippen LogP contribution in [-0.2, 0) is 4.79 Å². The van der Waals surface area contributed by atoms with Gasteiger partial charge in [0.05, 0.1) is 17.7 Å². The van der Waals surface area contributed by atoms with Crippen molar-refractivity contribution in [2.24, 2.45) is 5.73 Å². The fourth-order valence-electron chi connectivity index (χ4n) is 3.53. The van der Waals surface area contributed by atoms with Crippen LogP contribution in [0.25, 0.3) is 11.0 Å². The molecular formula is C19H27N5O2. The van der Waals surface area contributed by atoms with Crippen LogP contribution in [0.15, 0.2) is 24.4 Å². The molecule has 3 heterocycles. The minimum atomic E-state index is -0.924. The number of hydrogen-bond acceptors (Lipinski definition) is 6. The van der Waals surface area contributed by atoms with Crippen LogP contribution in [-0.4, -0.2) is 64.7 Å².